The zero-order chi connectivity index (χ0) is 17.9. The molecule has 0 radical (unpaired) electrons. The smallest absolute Gasteiger partial charge is 0.187 e. The molecule has 1 fully saturated rings. The van der Waals surface area contributed by atoms with Gasteiger partial charge in [-0.15, -0.1) is 0 Å². The minimum atomic E-state index is -1.09. The number of allylic oxidation sites excluding steroid dienone is 2. The van der Waals surface area contributed by atoms with Crippen molar-refractivity contribution < 1.29 is 19.8 Å². The Hall–Kier alpha value is -1.26. The Kier molecular flexibility index (Phi) is 4.12. The number of ketones is 2. The summed E-state index contributed by atoms with van der Waals surface area (Å²) in [5.74, 6) is -0.784. The largest absolute Gasteiger partial charge is 0.388 e. The van der Waals surface area contributed by atoms with Crippen LogP contribution in [0.15, 0.2) is 23.8 Å². The highest BCUT2D eigenvalue weighted by atomic mass is 16.3. The fraction of sp³-hybridized carbons (Fsp3) is 0.700. The van der Waals surface area contributed by atoms with Crippen LogP contribution in [0.5, 0.6) is 0 Å². The monoisotopic (exact) mass is 332 g/mol. The van der Waals surface area contributed by atoms with Crippen LogP contribution in [-0.2, 0) is 9.59 Å². The lowest BCUT2D eigenvalue weighted by atomic mass is 9.52. The molecule has 4 heteroatoms. The third kappa shape index (κ3) is 2.51. The maximum absolute atomic E-state index is 13.1. The lowest BCUT2D eigenvalue weighted by Gasteiger charge is -2.51. The van der Waals surface area contributed by atoms with Crippen molar-refractivity contribution in [3.8, 4) is 0 Å². The molecule has 24 heavy (non-hydrogen) atoms. The number of hydrogen-bond acceptors (Lipinski definition) is 4. The van der Waals surface area contributed by atoms with E-state index in [1.807, 2.05) is 6.92 Å². The maximum Gasteiger partial charge on any atom is 0.187 e. The highest BCUT2D eigenvalue weighted by molar-refractivity contribution is 6.11. The number of aliphatic hydroxyl groups is 2. The third-order valence-corrected chi connectivity index (χ3v) is 6.77. The van der Waals surface area contributed by atoms with Gasteiger partial charge in [0.15, 0.2) is 11.6 Å². The first-order valence-corrected chi connectivity index (χ1v) is 8.93. The Labute approximate surface area is 143 Å². The Balaban J connectivity index is 2.08. The fourth-order valence-corrected chi connectivity index (χ4v) is 5.29. The van der Waals surface area contributed by atoms with E-state index in [1.165, 1.54) is 0 Å². The predicted octanol–water partition coefficient (Wildman–Crippen LogP) is 2.59. The van der Waals surface area contributed by atoms with Crippen molar-refractivity contribution in [3.05, 3.63) is 23.8 Å². The van der Waals surface area contributed by atoms with Gasteiger partial charge in [-0.25, -0.2) is 0 Å². The molecule has 1 unspecified atom stereocenters. The average Bonchev–Trinajstić information content (AvgIpc) is 2.77. The van der Waals surface area contributed by atoms with Crippen molar-refractivity contribution in [1.82, 2.24) is 0 Å². The summed E-state index contributed by atoms with van der Waals surface area (Å²) < 4.78 is 0. The van der Waals surface area contributed by atoms with Gasteiger partial charge in [0.25, 0.3) is 0 Å². The Bertz CT molecular complexity index is 630. The van der Waals surface area contributed by atoms with Gasteiger partial charge in [-0.2, -0.15) is 0 Å². The Morgan fingerprint density at radius 3 is 2.42 bits per heavy atom. The van der Waals surface area contributed by atoms with Crippen LogP contribution in [0.1, 0.15) is 52.9 Å². The molecular weight excluding hydrogens is 304 g/mol. The van der Waals surface area contributed by atoms with Gasteiger partial charge < -0.3 is 10.2 Å². The van der Waals surface area contributed by atoms with Gasteiger partial charge in [-0.05, 0) is 42.6 Å². The number of Topliss-reactive ketones (excluding diaryl/α,β-unsaturated/α-hetero) is 2. The molecule has 3 aliphatic rings. The van der Waals surface area contributed by atoms with Gasteiger partial charge in [-0.3, -0.25) is 9.59 Å². The second-order valence-electron chi connectivity index (χ2n) is 8.76. The van der Waals surface area contributed by atoms with E-state index in [0.717, 1.165) is 19.3 Å². The van der Waals surface area contributed by atoms with E-state index in [9.17, 15) is 19.8 Å². The van der Waals surface area contributed by atoms with Crippen molar-refractivity contribution in [2.24, 2.45) is 22.7 Å². The molecule has 3 rings (SSSR count). The molecule has 132 valence electrons. The number of carbonyl (C=O) groups excluding carboxylic acids is 2. The van der Waals surface area contributed by atoms with Crippen LogP contribution < -0.4 is 0 Å². The van der Waals surface area contributed by atoms with Crippen LogP contribution in [0.3, 0.4) is 0 Å². The normalized spacial score (nSPS) is 42.5. The van der Waals surface area contributed by atoms with Crippen LogP contribution in [0, 0.1) is 22.7 Å². The van der Waals surface area contributed by atoms with Gasteiger partial charge in [0, 0.05) is 16.9 Å². The molecule has 0 aromatic carbocycles. The minimum absolute atomic E-state index is 0.0741. The van der Waals surface area contributed by atoms with Crippen LogP contribution in [-0.4, -0.2) is 34.0 Å². The molecule has 0 saturated heterocycles. The van der Waals surface area contributed by atoms with Crippen molar-refractivity contribution in [1.29, 1.82) is 0 Å². The molecule has 0 spiro atoms. The highest BCUT2D eigenvalue weighted by Crippen LogP contribution is 2.55. The topological polar surface area (TPSA) is 74.6 Å². The summed E-state index contributed by atoms with van der Waals surface area (Å²) in [6, 6.07) is 0. The van der Waals surface area contributed by atoms with E-state index in [2.05, 4.69) is 20.4 Å². The number of fused-ring (bicyclic) bond motifs is 2. The van der Waals surface area contributed by atoms with Gasteiger partial charge in [-0.1, -0.05) is 39.8 Å². The summed E-state index contributed by atoms with van der Waals surface area (Å²) in [5.41, 5.74) is -0.00846. The molecule has 1 saturated carbocycles. The van der Waals surface area contributed by atoms with E-state index in [1.54, 1.807) is 6.08 Å². The molecule has 0 heterocycles. The van der Waals surface area contributed by atoms with Crippen LogP contribution in [0.4, 0.5) is 0 Å². The van der Waals surface area contributed by atoms with Crippen molar-refractivity contribution in [2.75, 3.05) is 0 Å². The van der Waals surface area contributed by atoms with Crippen molar-refractivity contribution >= 4 is 11.6 Å². The van der Waals surface area contributed by atoms with Gasteiger partial charge >= 0.3 is 0 Å². The molecule has 4 nitrogen and oxygen atoms in total. The summed E-state index contributed by atoms with van der Waals surface area (Å²) in [7, 11) is 0. The molecule has 0 aliphatic heterocycles. The second kappa shape index (κ2) is 5.63. The summed E-state index contributed by atoms with van der Waals surface area (Å²) in [6.07, 6.45) is 2.95. The van der Waals surface area contributed by atoms with Crippen LogP contribution in [0.2, 0.25) is 0 Å². The number of aliphatic hydroxyl groups excluding tert-OH is 2. The molecule has 0 aromatic heterocycles. The fourth-order valence-electron chi connectivity index (χ4n) is 5.29. The number of carbonyl (C=O) groups is 2. The first-order valence-electron chi connectivity index (χ1n) is 8.93. The van der Waals surface area contributed by atoms with Gasteiger partial charge in [0.2, 0.25) is 0 Å². The lowest BCUT2D eigenvalue weighted by molar-refractivity contribution is -0.149. The minimum Gasteiger partial charge on any atom is -0.388 e. The summed E-state index contributed by atoms with van der Waals surface area (Å²) in [5, 5.41) is 21.3. The Morgan fingerprint density at radius 1 is 1.08 bits per heavy atom. The van der Waals surface area contributed by atoms with Crippen LogP contribution in [0.25, 0.3) is 0 Å². The highest BCUT2D eigenvalue weighted by Gasteiger charge is 2.53. The second-order valence-corrected chi connectivity index (χ2v) is 8.76. The molecule has 0 amide bonds. The first kappa shape index (κ1) is 17.6. The van der Waals surface area contributed by atoms with E-state index < -0.39 is 17.6 Å². The molecule has 2 N–H and O–H groups in total. The van der Waals surface area contributed by atoms with E-state index >= 15 is 0 Å². The maximum atomic E-state index is 13.1. The molecule has 5 atom stereocenters. The van der Waals surface area contributed by atoms with Crippen molar-refractivity contribution in [3.63, 3.8) is 0 Å². The molecular formula is C20H28O4. The third-order valence-electron chi connectivity index (χ3n) is 6.77. The quantitative estimate of drug-likeness (QED) is 0.669. The van der Waals surface area contributed by atoms with Gasteiger partial charge in [0.1, 0.15) is 6.10 Å². The Morgan fingerprint density at radius 2 is 1.75 bits per heavy atom. The molecule has 0 aromatic rings. The molecule has 3 aliphatic carbocycles. The lowest BCUT2D eigenvalue weighted by Crippen LogP contribution is -2.51. The van der Waals surface area contributed by atoms with E-state index in [4.69, 9.17) is 0 Å². The SMILES string of the molecule is C=C1C(=O)C2=CC1C[C@H](O)C(=O)[C@]1(C)CCCC(C)(C)[C@H]1C[C@H]2O. The summed E-state index contributed by atoms with van der Waals surface area (Å²) in [4.78, 5) is 25.5. The number of hydrogen-bond donors (Lipinski definition) is 2. The first-order chi connectivity index (χ1) is 11.1. The van der Waals surface area contributed by atoms with Crippen LogP contribution >= 0.6 is 0 Å². The van der Waals surface area contributed by atoms with Gasteiger partial charge in [0.05, 0.1) is 6.10 Å². The zero-order valence-electron chi connectivity index (χ0n) is 14.8. The van der Waals surface area contributed by atoms with Crippen molar-refractivity contribution in [2.45, 2.75) is 65.1 Å². The summed E-state index contributed by atoms with van der Waals surface area (Å²) >= 11 is 0. The summed E-state index contributed by atoms with van der Waals surface area (Å²) in [6.45, 7) is 10.0. The standard InChI is InChI=1S/C20H28O4/c1-11-12-8-13(17(11)23)14(21)10-16-19(2,3)6-5-7-20(16,4)18(24)15(22)9-12/h8,12,14-16,21-22H,1,5-7,9-10H2,2-4H3/t12?,14-,15+,16-,20-/m1/s1. The predicted molar refractivity (Wildman–Crippen MR) is 91.2 cm³/mol. The average molecular weight is 332 g/mol. The zero-order valence-corrected chi connectivity index (χ0v) is 14.8. The molecule has 2 bridgehead atoms. The van der Waals surface area contributed by atoms with E-state index in [-0.39, 0.29) is 35.2 Å². The van der Waals surface area contributed by atoms with E-state index in [0.29, 0.717) is 17.6 Å². The number of rotatable bonds is 0.